The van der Waals surface area contributed by atoms with Gasteiger partial charge in [0.1, 0.15) is 0 Å². The van der Waals surface area contributed by atoms with Gasteiger partial charge in [-0.1, -0.05) is 23.8 Å². The lowest BCUT2D eigenvalue weighted by Gasteiger charge is -2.07. The molecule has 1 N–H and O–H groups in total. The summed E-state index contributed by atoms with van der Waals surface area (Å²) in [6.45, 7) is 5.47. The van der Waals surface area contributed by atoms with E-state index in [9.17, 15) is 0 Å². The number of aryl methyl sites for hydroxylation is 2. The average molecular weight is 175 g/mol. The SMILES string of the molecule is Cc1ccc2c(c1)CCC(C)NC2. The first-order valence-corrected chi connectivity index (χ1v) is 5.07. The Kier molecular flexibility index (Phi) is 2.36. The van der Waals surface area contributed by atoms with Gasteiger partial charge in [-0.3, -0.25) is 0 Å². The van der Waals surface area contributed by atoms with Crippen molar-refractivity contribution in [3.63, 3.8) is 0 Å². The summed E-state index contributed by atoms with van der Waals surface area (Å²) in [5.41, 5.74) is 4.40. The van der Waals surface area contributed by atoms with E-state index in [4.69, 9.17) is 0 Å². The summed E-state index contributed by atoms with van der Waals surface area (Å²) in [5.74, 6) is 0. The van der Waals surface area contributed by atoms with E-state index in [1.807, 2.05) is 0 Å². The quantitative estimate of drug-likeness (QED) is 0.638. The van der Waals surface area contributed by atoms with Crippen molar-refractivity contribution < 1.29 is 0 Å². The fourth-order valence-corrected chi connectivity index (χ4v) is 1.92. The van der Waals surface area contributed by atoms with E-state index >= 15 is 0 Å². The second-order valence-corrected chi connectivity index (χ2v) is 4.09. The number of hydrogen-bond donors (Lipinski definition) is 1. The summed E-state index contributed by atoms with van der Waals surface area (Å²) in [6, 6.07) is 7.45. The van der Waals surface area contributed by atoms with Crippen molar-refractivity contribution in [3.05, 3.63) is 34.9 Å². The molecule has 0 aliphatic carbocycles. The van der Waals surface area contributed by atoms with Crippen LogP contribution >= 0.6 is 0 Å². The normalized spacial score (nSPS) is 22.2. The first-order valence-electron chi connectivity index (χ1n) is 5.07. The van der Waals surface area contributed by atoms with Gasteiger partial charge in [0.05, 0.1) is 0 Å². The van der Waals surface area contributed by atoms with Crippen LogP contribution in [0.2, 0.25) is 0 Å². The number of hydrogen-bond acceptors (Lipinski definition) is 1. The monoisotopic (exact) mass is 175 g/mol. The summed E-state index contributed by atoms with van der Waals surface area (Å²) >= 11 is 0. The van der Waals surface area contributed by atoms with Crippen molar-refractivity contribution in [2.24, 2.45) is 0 Å². The predicted octanol–water partition coefficient (Wildman–Crippen LogP) is 2.42. The highest BCUT2D eigenvalue weighted by molar-refractivity contribution is 5.32. The Labute approximate surface area is 80.2 Å². The third-order valence-corrected chi connectivity index (χ3v) is 2.85. The van der Waals surface area contributed by atoms with Crippen LogP contribution in [0.1, 0.15) is 30.0 Å². The van der Waals surface area contributed by atoms with E-state index in [1.165, 1.54) is 29.5 Å². The standard InChI is InChI=1S/C12H17N/c1-9-3-5-12-8-13-10(2)4-6-11(12)7-9/h3,5,7,10,13H,4,6,8H2,1-2H3. The smallest absolute Gasteiger partial charge is 0.0210 e. The summed E-state index contributed by atoms with van der Waals surface area (Å²) in [6.07, 6.45) is 2.49. The average Bonchev–Trinajstić information content (AvgIpc) is 2.29. The van der Waals surface area contributed by atoms with Gasteiger partial charge in [0.15, 0.2) is 0 Å². The summed E-state index contributed by atoms with van der Waals surface area (Å²) < 4.78 is 0. The van der Waals surface area contributed by atoms with Crippen LogP contribution in [-0.2, 0) is 13.0 Å². The topological polar surface area (TPSA) is 12.0 Å². The van der Waals surface area contributed by atoms with Crippen LogP contribution in [0, 0.1) is 6.92 Å². The van der Waals surface area contributed by atoms with Gasteiger partial charge in [-0.15, -0.1) is 0 Å². The van der Waals surface area contributed by atoms with Crippen LogP contribution in [0.25, 0.3) is 0 Å². The summed E-state index contributed by atoms with van der Waals surface area (Å²) in [4.78, 5) is 0. The molecular formula is C12H17N. The third kappa shape index (κ3) is 1.92. The first kappa shape index (κ1) is 8.76. The van der Waals surface area contributed by atoms with Crippen molar-refractivity contribution in [2.75, 3.05) is 0 Å². The van der Waals surface area contributed by atoms with Crippen molar-refractivity contribution in [3.8, 4) is 0 Å². The summed E-state index contributed by atoms with van der Waals surface area (Å²) in [5, 5.41) is 3.52. The number of benzene rings is 1. The van der Waals surface area contributed by atoms with E-state index in [0.29, 0.717) is 6.04 Å². The van der Waals surface area contributed by atoms with E-state index in [0.717, 1.165) is 6.54 Å². The highest BCUT2D eigenvalue weighted by Crippen LogP contribution is 2.17. The Morgan fingerprint density at radius 3 is 3.00 bits per heavy atom. The maximum absolute atomic E-state index is 3.52. The molecular weight excluding hydrogens is 158 g/mol. The molecule has 1 atom stereocenters. The third-order valence-electron chi connectivity index (χ3n) is 2.85. The lowest BCUT2D eigenvalue weighted by atomic mass is 10.0. The molecule has 1 aliphatic rings. The van der Waals surface area contributed by atoms with Gasteiger partial charge in [0.25, 0.3) is 0 Å². The van der Waals surface area contributed by atoms with Crippen LogP contribution in [0.3, 0.4) is 0 Å². The Morgan fingerprint density at radius 1 is 1.31 bits per heavy atom. The molecule has 0 saturated heterocycles. The molecule has 0 spiro atoms. The molecule has 1 aromatic rings. The Bertz CT molecular complexity index is 304. The van der Waals surface area contributed by atoms with Gasteiger partial charge in [-0.2, -0.15) is 0 Å². The molecule has 0 bridgehead atoms. The molecule has 1 nitrogen and oxygen atoms in total. The predicted molar refractivity (Wildman–Crippen MR) is 55.8 cm³/mol. The fraction of sp³-hybridized carbons (Fsp3) is 0.500. The number of fused-ring (bicyclic) bond motifs is 1. The van der Waals surface area contributed by atoms with E-state index < -0.39 is 0 Å². The van der Waals surface area contributed by atoms with Gasteiger partial charge in [-0.25, -0.2) is 0 Å². The van der Waals surface area contributed by atoms with Gasteiger partial charge in [-0.05, 0) is 37.8 Å². The Hall–Kier alpha value is -0.820. The second-order valence-electron chi connectivity index (χ2n) is 4.09. The lowest BCUT2D eigenvalue weighted by Crippen LogP contribution is -2.23. The zero-order chi connectivity index (χ0) is 9.26. The molecule has 1 heteroatoms. The maximum atomic E-state index is 3.52. The van der Waals surface area contributed by atoms with Crippen LogP contribution in [0.5, 0.6) is 0 Å². The van der Waals surface area contributed by atoms with Crippen molar-refractivity contribution in [1.29, 1.82) is 0 Å². The fourth-order valence-electron chi connectivity index (χ4n) is 1.92. The highest BCUT2D eigenvalue weighted by atomic mass is 14.9. The number of rotatable bonds is 0. The molecule has 1 aromatic carbocycles. The summed E-state index contributed by atoms with van der Waals surface area (Å²) in [7, 11) is 0. The molecule has 0 saturated carbocycles. The van der Waals surface area contributed by atoms with Gasteiger partial charge < -0.3 is 5.32 Å². The molecule has 0 aromatic heterocycles. The maximum Gasteiger partial charge on any atom is 0.0210 e. The molecule has 0 fully saturated rings. The van der Waals surface area contributed by atoms with E-state index in [1.54, 1.807) is 0 Å². The minimum Gasteiger partial charge on any atom is -0.310 e. The van der Waals surface area contributed by atoms with Gasteiger partial charge in [0.2, 0.25) is 0 Å². The van der Waals surface area contributed by atoms with Gasteiger partial charge in [0, 0.05) is 12.6 Å². The van der Waals surface area contributed by atoms with Gasteiger partial charge >= 0.3 is 0 Å². The molecule has 70 valence electrons. The Morgan fingerprint density at radius 2 is 2.15 bits per heavy atom. The van der Waals surface area contributed by atoms with Crippen LogP contribution < -0.4 is 5.32 Å². The molecule has 0 radical (unpaired) electrons. The lowest BCUT2D eigenvalue weighted by molar-refractivity contribution is 0.534. The van der Waals surface area contributed by atoms with E-state index in [2.05, 4.69) is 37.4 Å². The van der Waals surface area contributed by atoms with Crippen LogP contribution in [0.15, 0.2) is 18.2 Å². The minimum atomic E-state index is 0.660. The van der Waals surface area contributed by atoms with Crippen molar-refractivity contribution in [1.82, 2.24) is 5.32 Å². The molecule has 2 rings (SSSR count). The second kappa shape index (κ2) is 3.51. The molecule has 1 heterocycles. The zero-order valence-electron chi connectivity index (χ0n) is 8.43. The molecule has 0 amide bonds. The van der Waals surface area contributed by atoms with E-state index in [-0.39, 0.29) is 0 Å². The molecule has 13 heavy (non-hydrogen) atoms. The van der Waals surface area contributed by atoms with Crippen molar-refractivity contribution >= 4 is 0 Å². The largest absolute Gasteiger partial charge is 0.310 e. The van der Waals surface area contributed by atoms with Crippen LogP contribution in [0.4, 0.5) is 0 Å². The Balaban J connectivity index is 2.30. The minimum absolute atomic E-state index is 0.660. The number of nitrogens with one attached hydrogen (secondary N) is 1. The van der Waals surface area contributed by atoms with Crippen LogP contribution in [-0.4, -0.2) is 6.04 Å². The molecule has 1 unspecified atom stereocenters. The highest BCUT2D eigenvalue weighted by Gasteiger charge is 2.11. The zero-order valence-corrected chi connectivity index (χ0v) is 8.43. The first-order chi connectivity index (χ1) is 6.25. The molecule has 1 aliphatic heterocycles. The van der Waals surface area contributed by atoms with Crippen molar-refractivity contribution in [2.45, 2.75) is 39.3 Å².